The Balaban J connectivity index is 4.85. The van der Waals surface area contributed by atoms with Crippen LogP contribution in [0.4, 0.5) is 9.59 Å². The summed E-state index contributed by atoms with van der Waals surface area (Å²) in [5.41, 5.74) is 0. The van der Waals surface area contributed by atoms with Crippen molar-refractivity contribution >= 4 is 29.1 Å². The third kappa shape index (κ3) is 5.90. The fourth-order valence-corrected chi connectivity index (χ4v) is 1.15. The smallest absolute Gasteiger partial charge is 0.419 e. The molecule has 0 rings (SSSR count). The summed E-state index contributed by atoms with van der Waals surface area (Å²) in [5, 5.41) is 7.23. The molecule has 0 aromatic carbocycles. The minimum Gasteiger partial charge on any atom is -0.419 e. The van der Waals surface area contributed by atoms with Gasteiger partial charge >= 0.3 is 12.2 Å². The van der Waals surface area contributed by atoms with Gasteiger partial charge in [-0.25, -0.2) is 9.59 Å². The lowest BCUT2D eigenvalue weighted by atomic mass is 10.7. The van der Waals surface area contributed by atoms with Gasteiger partial charge in [-0.1, -0.05) is 11.8 Å². The number of carbonyl (C=O) groups excluding carboxylic acids is 2. The summed E-state index contributed by atoms with van der Waals surface area (Å²) in [6, 6.07) is 0. The van der Waals surface area contributed by atoms with E-state index in [2.05, 4.69) is 0 Å². The van der Waals surface area contributed by atoms with Crippen LogP contribution in [0.3, 0.4) is 0 Å². The van der Waals surface area contributed by atoms with E-state index in [0.29, 0.717) is 4.90 Å². The molecule has 110 valence electrons. The van der Waals surface area contributed by atoms with Crippen molar-refractivity contribution in [1.29, 1.82) is 5.41 Å². The largest absolute Gasteiger partial charge is 0.428 e. The van der Waals surface area contributed by atoms with Gasteiger partial charge in [-0.05, 0) is 20.1 Å². The maximum Gasteiger partial charge on any atom is 0.428 e. The van der Waals surface area contributed by atoms with E-state index in [1.165, 1.54) is 34.3 Å². The van der Waals surface area contributed by atoms with Gasteiger partial charge in [0.25, 0.3) is 0 Å². The van der Waals surface area contributed by atoms with Crippen LogP contribution in [0.5, 0.6) is 0 Å². The molecule has 9 heteroatoms. The molecule has 0 fully saturated rings. The molecule has 0 aliphatic heterocycles. The van der Waals surface area contributed by atoms with E-state index < -0.39 is 24.8 Å². The second-order valence-electron chi connectivity index (χ2n) is 3.22. The SMILES string of the molecule is COC(C)OC(=O)N(C(=N)SC)C(=O)OC(C)OC. The minimum atomic E-state index is -1.05. The van der Waals surface area contributed by atoms with Crippen LogP contribution >= 0.6 is 11.8 Å². The van der Waals surface area contributed by atoms with Crippen LogP contribution < -0.4 is 0 Å². The molecular weight excluding hydrogens is 276 g/mol. The molecule has 0 spiro atoms. The fourth-order valence-electron chi connectivity index (χ4n) is 0.817. The molecule has 2 atom stereocenters. The number of thioether (sulfide) groups is 1. The number of methoxy groups -OCH3 is 2. The highest BCUT2D eigenvalue weighted by molar-refractivity contribution is 8.13. The number of nitrogens with one attached hydrogen (secondary N) is 1. The van der Waals surface area contributed by atoms with E-state index >= 15 is 0 Å². The molecule has 2 amide bonds. The predicted molar refractivity (Wildman–Crippen MR) is 69.0 cm³/mol. The van der Waals surface area contributed by atoms with Gasteiger partial charge in [0, 0.05) is 14.2 Å². The van der Waals surface area contributed by atoms with Gasteiger partial charge in [0.15, 0.2) is 5.17 Å². The van der Waals surface area contributed by atoms with E-state index in [9.17, 15) is 9.59 Å². The molecule has 0 saturated carbocycles. The van der Waals surface area contributed by atoms with Gasteiger partial charge in [-0.3, -0.25) is 5.41 Å². The lowest BCUT2D eigenvalue weighted by Crippen LogP contribution is -2.43. The summed E-state index contributed by atoms with van der Waals surface area (Å²) in [7, 11) is 2.68. The summed E-state index contributed by atoms with van der Waals surface area (Å²) >= 11 is 0.885. The molecule has 0 aromatic heterocycles. The number of hydrogen-bond acceptors (Lipinski definition) is 8. The second-order valence-corrected chi connectivity index (χ2v) is 4.01. The molecular formula is C10H18N2O6S. The number of amidine groups is 1. The monoisotopic (exact) mass is 294 g/mol. The highest BCUT2D eigenvalue weighted by atomic mass is 32.2. The van der Waals surface area contributed by atoms with Crippen molar-refractivity contribution in [2.45, 2.75) is 26.4 Å². The average molecular weight is 294 g/mol. The van der Waals surface area contributed by atoms with Crippen molar-refractivity contribution in [3.05, 3.63) is 0 Å². The molecule has 0 radical (unpaired) electrons. The number of ether oxygens (including phenoxy) is 4. The van der Waals surface area contributed by atoms with E-state index in [1.54, 1.807) is 0 Å². The Morgan fingerprint density at radius 3 is 1.68 bits per heavy atom. The van der Waals surface area contributed by atoms with Crippen LogP contribution in [0.1, 0.15) is 13.8 Å². The Labute approximate surface area is 115 Å². The average Bonchev–Trinajstić information content (AvgIpc) is 2.37. The molecule has 0 saturated heterocycles. The highest BCUT2D eigenvalue weighted by Gasteiger charge is 2.31. The van der Waals surface area contributed by atoms with Gasteiger partial charge in [-0.2, -0.15) is 4.90 Å². The van der Waals surface area contributed by atoms with Crippen LogP contribution in [-0.4, -0.2) is 55.3 Å². The Bertz CT molecular complexity index is 314. The molecule has 1 N–H and O–H groups in total. The Morgan fingerprint density at radius 2 is 1.42 bits per heavy atom. The fraction of sp³-hybridized carbons (Fsp3) is 0.700. The van der Waals surface area contributed by atoms with Gasteiger partial charge in [-0.15, -0.1) is 0 Å². The molecule has 2 unspecified atom stereocenters. The molecule has 0 heterocycles. The third-order valence-electron chi connectivity index (χ3n) is 1.96. The molecule has 19 heavy (non-hydrogen) atoms. The zero-order chi connectivity index (χ0) is 15.0. The first-order valence-electron chi connectivity index (χ1n) is 5.26. The third-order valence-corrected chi connectivity index (χ3v) is 2.53. The van der Waals surface area contributed by atoms with Crippen LogP contribution in [0, 0.1) is 5.41 Å². The van der Waals surface area contributed by atoms with Gasteiger partial charge in [0.1, 0.15) is 0 Å². The predicted octanol–water partition coefficient (Wildman–Crippen LogP) is 1.84. The van der Waals surface area contributed by atoms with Gasteiger partial charge in [0.2, 0.25) is 12.6 Å². The van der Waals surface area contributed by atoms with Gasteiger partial charge < -0.3 is 18.9 Å². The van der Waals surface area contributed by atoms with Crippen molar-refractivity contribution in [3.63, 3.8) is 0 Å². The summed E-state index contributed by atoms with van der Waals surface area (Å²) in [5.74, 6) is 0. The van der Waals surface area contributed by atoms with Crippen molar-refractivity contribution < 1.29 is 28.5 Å². The van der Waals surface area contributed by atoms with Crippen LogP contribution in [-0.2, 0) is 18.9 Å². The van der Waals surface area contributed by atoms with E-state index in [1.807, 2.05) is 0 Å². The van der Waals surface area contributed by atoms with Crippen molar-refractivity contribution in [2.24, 2.45) is 0 Å². The number of amides is 2. The number of hydrogen-bond donors (Lipinski definition) is 1. The number of rotatable bonds is 4. The van der Waals surface area contributed by atoms with Crippen LogP contribution in [0.2, 0.25) is 0 Å². The Kier molecular flexibility index (Phi) is 8.12. The first-order valence-corrected chi connectivity index (χ1v) is 6.49. The van der Waals surface area contributed by atoms with E-state index in [0.717, 1.165) is 11.8 Å². The molecule has 8 nitrogen and oxygen atoms in total. The number of nitrogens with zero attached hydrogens (tertiary/aromatic N) is 1. The van der Waals surface area contributed by atoms with Crippen molar-refractivity contribution in [3.8, 4) is 0 Å². The zero-order valence-electron chi connectivity index (χ0n) is 11.5. The minimum absolute atomic E-state index is 0.332. The quantitative estimate of drug-likeness (QED) is 0.480. The number of carbonyl (C=O) groups is 2. The maximum atomic E-state index is 11.8. The zero-order valence-corrected chi connectivity index (χ0v) is 12.3. The van der Waals surface area contributed by atoms with E-state index in [4.69, 9.17) is 24.4 Å². The molecule has 0 aliphatic rings. The lowest BCUT2D eigenvalue weighted by Gasteiger charge is -2.22. The standard InChI is InChI=1S/C10H18N2O6S/c1-6(15-3)17-9(13)12(8(11)19-5)10(14)18-7(2)16-4/h6-7,11H,1-5H3. The first kappa shape index (κ1) is 17.7. The number of imide groups is 1. The summed E-state index contributed by atoms with van der Waals surface area (Å²) in [6.07, 6.45) is -2.27. The molecule has 0 bridgehead atoms. The molecule has 0 aliphatic carbocycles. The summed E-state index contributed by atoms with van der Waals surface area (Å²) < 4.78 is 19.1. The normalized spacial score (nSPS) is 13.3. The Morgan fingerprint density at radius 1 is 1.05 bits per heavy atom. The lowest BCUT2D eigenvalue weighted by molar-refractivity contribution is -0.0851. The molecule has 0 aromatic rings. The van der Waals surface area contributed by atoms with Gasteiger partial charge in [0.05, 0.1) is 0 Å². The van der Waals surface area contributed by atoms with E-state index in [-0.39, 0.29) is 5.17 Å². The summed E-state index contributed by atoms with van der Waals surface area (Å²) in [4.78, 5) is 24.0. The second kappa shape index (κ2) is 8.73. The van der Waals surface area contributed by atoms with Crippen LogP contribution in [0.25, 0.3) is 0 Å². The van der Waals surface area contributed by atoms with Crippen molar-refractivity contribution in [1.82, 2.24) is 4.90 Å². The summed E-state index contributed by atoms with van der Waals surface area (Å²) in [6.45, 7) is 2.95. The topological polar surface area (TPSA) is 98.2 Å². The Hall–Kier alpha value is -1.32. The van der Waals surface area contributed by atoms with Crippen LogP contribution in [0.15, 0.2) is 0 Å². The highest BCUT2D eigenvalue weighted by Crippen LogP contribution is 2.10. The van der Waals surface area contributed by atoms with Crippen molar-refractivity contribution in [2.75, 3.05) is 20.5 Å². The maximum absolute atomic E-state index is 11.8. The first-order chi connectivity index (χ1) is 8.87.